The molecule has 1 amide bonds. The van der Waals surface area contributed by atoms with Gasteiger partial charge in [0.05, 0.1) is 23.0 Å². The van der Waals surface area contributed by atoms with E-state index in [1.165, 1.54) is 0 Å². The third-order valence-electron chi connectivity index (χ3n) is 3.96. The summed E-state index contributed by atoms with van der Waals surface area (Å²) in [5.74, 6) is 0.474. The van der Waals surface area contributed by atoms with E-state index in [2.05, 4.69) is 25.8 Å². The molecule has 2 aromatic heterocycles. The summed E-state index contributed by atoms with van der Waals surface area (Å²) in [6.45, 7) is 1.81. The monoisotopic (exact) mass is 333 g/mol. The van der Waals surface area contributed by atoms with Gasteiger partial charge in [-0.1, -0.05) is 6.07 Å². The van der Waals surface area contributed by atoms with Crippen LogP contribution in [0.25, 0.3) is 16.7 Å². The van der Waals surface area contributed by atoms with Gasteiger partial charge in [-0.3, -0.25) is 4.79 Å². The minimum atomic E-state index is -0.196. The van der Waals surface area contributed by atoms with E-state index in [1.54, 1.807) is 23.1 Å². The summed E-state index contributed by atoms with van der Waals surface area (Å²) >= 11 is 0. The molecule has 124 valence electrons. The summed E-state index contributed by atoms with van der Waals surface area (Å²) in [6, 6.07) is 12.8. The number of tetrazole rings is 1. The van der Waals surface area contributed by atoms with Gasteiger partial charge in [0.1, 0.15) is 0 Å². The summed E-state index contributed by atoms with van der Waals surface area (Å²) in [5.41, 5.74) is 3.76. The molecule has 0 aliphatic heterocycles. The molecule has 0 unspecified atom stereocenters. The van der Waals surface area contributed by atoms with E-state index in [4.69, 9.17) is 0 Å². The molecule has 0 radical (unpaired) electrons. The molecule has 0 spiro atoms. The van der Waals surface area contributed by atoms with Crippen molar-refractivity contribution in [2.45, 2.75) is 6.92 Å². The van der Waals surface area contributed by atoms with Crippen molar-refractivity contribution in [3.63, 3.8) is 0 Å². The number of rotatable bonds is 3. The molecule has 25 heavy (non-hydrogen) atoms. The van der Waals surface area contributed by atoms with Gasteiger partial charge in [0.15, 0.2) is 5.82 Å². The zero-order valence-electron chi connectivity index (χ0n) is 13.7. The van der Waals surface area contributed by atoms with Crippen LogP contribution in [0.3, 0.4) is 0 Å². The summed E-state index contributed by atoms with van der Waals surface area (Å²) < 4.78 is 3.52. The van der Waals surface area contributed by atoms with E-state index >= 15 is 0 Å². The third-order valence-corrected chi connectivity index (χ3v) is 3.96. The Morgan fingerprint density at radius 1 is 1.16 bits per heavy atom. The quantitative estimate of drug-likeness (QED) is 0.620. The number of fused-ring (bicyclic) bond motifs is 1. The zero-order chi connectivity index (χ0) is 17.4. The maximum atomic E-state index is 12.5. The van der Waals surface area contributed by atoms with Crippen molar-refractivity contribution in [2.75, 3.05) is 5.32 Å². The van der Waals surface area contributed by atoms with Crippen LogP contribution in [0.2, 0.25) is 0 Å². The molecule has 0 aliphatic rings. The predicted octanol–water partition coefficient (Wildman–Crippen LogP) is 2.11. The number of aryl methyl sites for hydroxylation is 2. The Labute approximate surface area is 143 Å². The first-order valence-electron chi connectivity index (χ1n) is 7.70. The van der Waals surface area contributed by atoms with Gasteiger partial charge in [0.2, 0.25) is 0 Å². The number of hydrogen-bond acceptors (Lipinski definition) is 5. The van der Waals surface area contributed by atoms with Crippen LogP contribution < -0.4 is 5.32 Å². The molecule has 1 N–H and O–H groups in total. The Balaban J connectivity index is 1.60. The normalized spacial score (nSPS) is 11.0. The number of anilines is 1. The second-order valence-electron chi connectivity index (χ2n) is 5.70. The maximum Gasteiger partial charge on any atom is 0.255 e. The molecular formula is C17H15N7O. The zero-order valence-corrected chi connectivity index (χ0v) is 13.7. The van der Waals surface area contributed by atoms with Crippen molar-refractivity contribution in [1.82, 2.24) is 29.8 Å². The number of hydrogen-bond donors (Lipinski definition) is 1. The van der Waals surface area contributed by atoms with Gasteiger partial charge in [0.25, 0.3) is 5.91 Å². The molecule has 0 saturated carbocycles. The van der Waals surface area contributed by atoms with E-state index in [1.807, 2.05) is 48.9 Å². The van der Waals surface area contributed by atoms with Gasteiger partial charge in [-0.2, -0.15) is 4.68 Å². The predicted molar refractivity (Wildman–Crippen MR) is 92.6 cm³/mol. The first kappa shape index (κ1) is 15.0. The van der Waals surface area contributed by atoms with E-state index < -0.39 is 0 Å². The van der Waals surface area contributed by atoms with Crippen LogP contribution in [0.15, 0.2) is 48.8 Å². The smallest absolute Gasteiger partial charge is 0.255 e. The highest BCUT2D eigenvalue weighted by atomic mass is 16.1. The van der Waals surface area contributed by atoms with Crippen molar-refractivity contribution in [3.05, 3.63) is 60.2 Å². The fourth-order valence-corrected chi connectivity index (χ4v) is 2.67. The second-order valence-corrected chi connectivity index (χ2v) is 5.70. The summed E-state index contributed by atoms with van der Waals surface area (Å²) in [4.78, 5) is 16.8. The Morgan fingerprint density at radius 2 is 2.04 bits per heavy atom. The molecule has 0 aliphatic carbocycles. The first-order chi connectivity index (χ1) is 12.1. The number of imidazole rings is 1. The van der Waals surface area contributed by atoms with Crippen LogP contribution in [0.4, 0.5) is 5.69 Å². The number of carbonyl (C=O) groups is 1. The first-order valence-corrected chi connectivity index (χ1v) is 7.70. The van der Waals surface area contributed by atoms with Gasteiger partial charge in [-0.15, -0.1) is 5.10 Å². The average molecular weight is 333 g/mol. The molecule has 8 heteroatoms. The summed E-state index contributed by atoms with van der Waals surface area (Å²) in [5, 5.41) is 14.3. The molecule has 4 rings (SSSR count). The molecule has 0 fully saturated rings. The maximum absolute atomic E-state index is 12.5. The lowest BCUT2D eigenvalue weighted by atomic mass is 10.1. The van der Waals surface area contributed by atoms with E-state index in [9.17, 15) is 4.79 Å². The van der Waals surface area contributed by atoms with E-state index in [0.717, 1.165) is 16.7 Å². The van der Waals surface area contributed by atoms with Crippen molar-refractivity contribution in [1.29, 1.82) is 0 Å². The highest BCUT2D eigenvalue weighted by Gasteiger charge is 2.10. The van der Waals surface area contributed by atoms with E-state index in [-0.39, 0.29) is 5.91 Å². The lowest BCUT2D eigenvalue weighted by Gasteiger charge is -2.08. The van der Waals surface area contributed by atoms with Gasteiger partial charge >= 0.3 is 0 Å². The number of amides is 1. The van der Waals surface area contributed by atoms with Gasteiger partial charge < -0.3 is 9.88 Å². The van der Waals surface area contributed by atoms with Gasteiger partial charge in [-0.25, -0.2) is 4.98 Å². The van der Waals surface area contributed by atoms with Crippen molar-refractivity contribution in [2.24, 2.45) is 7.05 Å². The lowest BCUT2D eigenvalue weighted by Crippen LogP contribution is -2.12. The molecule has 0 saturated heterocycles. The molecule has 8 nitrogen and oxygen atoms in total. The standard InChI is InChI=1S/C17H15N7O/c1-11-20-21-22-24(11)14-5-3-4-13(9-14)19-17(25)12-6-7-16-15(8-12)18-10-23(16)2/h3-10H,1-2H3,(H,19,25). The molecule has 4 aromatic rings. The van der Waals surface area contributed by atoms with Crippen LogP contribution >= 0.6 is 0 Å². The van der Waals surface area contributed by atoms with Crippen molar-refractivity contribution >= 4 is 22.6 Å². The molecule has 0 bridgehead atoms. The average Bonchev–Trinajstić information content (AvgIpc) is 3.21. The van der Waals surface area contributed by atoms with Crippen molar-refractivity contribution in [3.8, 4) is 5.69 Å². The number of aromatic nitrogens is 6. The van der Waals surface area contributed by atoms with Gasteiger partial charge in [0, 0.05) is 18.3 Å². The lowest BCUT2D eigenvalue weighted by molar-refractivity contribution is 0.102. The van der Waals surface area contributed by atoms with Crippen LogP contribution in [0, 0.1) is 6.92 Å². The minimum Gasteiger partial charge on any atom is -0.334 e. The summed E-state index contributed by atoms with van der Waals surface area (Å²) in [7, 11) is 1.92. The number of nitrogens with zero attached hydrogens (tertiary/aromatic N) is 6. The fraction of sp³-hybridized carbons (Fsp3) is 0.118. The summed E-state index contributed by atoms with van der Waals surface area (Å²) in [6.07, 6.45) is 1.73. The molecule has 2 aromatic carbocycles. The van der Waals surface area contributed by atoms with Crippen LogP contribution in [0.5, 0.6) is 0 Å². The Kier molecular flexibility index (Phi) is 3.50. The molecule has 0 atom stereocenters. The number of carbonyl (C=O) groups excluding carboxylic acids is 1. The van der Waals surface area contributed by atoms with Crippen LogP contribution in [-0.2, 0) is 7.05 Å². The highest BCUT2D eigenvalue weighted by Crippen LogP contribution is 2.18. The Hall–Kier alpha value is -3.55. The number of nitrogens with one attached hydrogen (secondary N) is 1. The highest BCUT2D eigenvalue weighted by molar-refractivity contribution is 6.06. The molecular weight excluding hydrogens is 318 g/mol. The third kappa shape index (κ3) is 2.74. The minimum absolute atomic E-state index is 0.196. The van der Waals surface area contributed by atoms with Gasteiger partial charge in [-0.05, 0) is 53.7 Å². The Bertz CT molecular complexity index is 1080. The number of benzene rings is 2. The largest absolute Gasteiger partial charge is 0.334 e. The SMILES string of the molecule is Cc1nnnn1-c1cccc(NC(=O)c2ccc3c(c2)ncn3C)c1. The van der Waals surface area contributed by atoms with Crippen molar-refractivity contribution < 1.29 is 4.79 Å². The molecule has 2 heterocycles. The van der Waals surface area contributed by atoms with Crippen LogP contribution in [-0.4, -0.2) is 35.7 Å². The Morgan fingerprint density at radius 3 is 2.84 bits per heavy atom. The second kappa shape index (κ2) is 5.82. The van der Waals surface area contributed by atoms with E-state index in [0.29, 0.717) is 17.1 Å². The fourth-order valence-electron chi connectivity index (χ4n) is 2.67. The topological polar surface area (TPSA) is 90.5 Å². The van der Waals surface area contributed by atoms with Crippen LogP contribution in [0.1, 0.15) is 16.2 Å².